The zero-order valence-electron chi connectivity index (χ0n) is 12.6. The van der Waals surface area contributed by atoms with Crippen LogP contribution >= 0.6 is 23.2 Å². The molecule has 4 nitrogen and oxygen atoms in total. The zero-order chi connectivity index (χ0) is 16.8. The molecule has 2 rings (SSSR count). The van der Waals surface area contributed by atoms with Crippen LogP contribution in [0.3, 0.4) is 0 Å². The van der Waals surface area contributed by atoms with Crippen molar-refractivity contribution in [2.45, 2.75) is 0 Å². The van der Waals surface area contributed by atoms with Crippen LogP contribution in [-0.4, -0.2) is 20.1 Å². The van der Waals surface area contributed by atoms with Crippen molar-refractivity contribution in [2.75, 3.05) is 19.5 Å². The summed E-state index contributed by atoms with van der Waals surface area (Å²) >= 11 is 11.9. The highest BCUT2D eigenvalue weighted by atomic mass is 35.5. The van der Waals surface area contributed by atoms with Gasteiger partial charge in [-0.1, -0.05) is 29.3 Å². The van der Waals surface area contributed by atoms with Crippen molar-refractivity contribution in [2.24, 2.45) is 0 Å². The van der Waals surface area contributed by atoms with Gasteiger partial charge in [0.1, 0.15) is 0 Å². The number of hydrogen-bond acceptors (Lipinski definition) is 3. The van der Waals surface area contributed by atoms with Crippen LogP contribution in [0, 0.1) is 0 Å². The van der Waals surface area contributed by atoms with Crippen molar-refractivity contribution in [3.8, 4) is 11.5 Å². The first-order valence-electron chi connectivity index (χ1n) is 6.69. The maximum absolute atomic E-state index is 12.0. The number of anilines is 1. The molecule has 0 saturated carbocycles. The predicted octanol–water partition coefficient (Wildman–Crippen LogP) is 4.66. The summed E-state index contributed by atoms with van der Waals surface area (Å²) < 4.78 is 10.3. The SMILES string of the molecule is COc1ccc(NC(=O)C=Cc2ccc(Cl)cc2Cl)cc1OC. The van der Waals surface area contributed by atoms with Gasteiger partial charge in [-0.25, -0.2) is 0 Å². The van der Waals surface area contributed by atoms with Gasteiger partial charge in [-0.05, 0) is 35.9 Å². The van der Waals surface area contributed by atoms with E-state index in [1.165, 1.54) is 13.2 Å². The van der Waals surface area contributed by atoms with Gasteiger partial charge in [0.15, 0.2) is 11.5 Å². The number of benzene rings is 2. The van der Waals surface area contributed by atoms with Gasteiger partial charge in [0, 0.05) is 27.9 Å². The Morgan fingerprint density at radius 1 is 1.04 bits per heavy atom. The van der Waals surface area contributed by atoms with Gasteiger partial charge in [0.25, 0.3) is 0 Å². The minimum absolute atomic E-state index is 0.289. The Morgan fingerprint density at radius 3 is 2.43 bits per heavy atom. The van der Waals surface area contributed by atoms with Crippen molar-refractivity contribution in [1.29, 1.82) is 0 Å². The fourth-order valence-electron chi connectivity index (χ4n) is 1.90. The summed E-state index contributed by atoms with van der Waals surface area (Å²) in [6, 6.07) is 10.2. The molecule has 2 aromatic carbocycles. The fraction of sp³-hybridized carbons (Fsp3) is 0.118. The number of ether oxygens (including phenoxy) is 2. The smallest absolute Gasteiger partial charge is 0.248 e. The van der Waals surface area contributed by atoms with Gasteiger partial charge in [-0.2, -0.15) is 0 Å². The average molecular weight is 352 g/mol. The lowest BCUT2D eigenvalue weighted by atomic mass is 10.2. The number of nitrogens with one attached hydrogen (secondary N) is 1. The van der Waals surface area contributed by atoms with Crippen molar-refractivity contribution >= 4 is 40.9 Å². The predicted molar refractivity (Wildman–Crippen MR) is 93.7 cm³/mol. The Hall–Kier alpha value is -2.17. The third kappa shape index (κ3) is 4.65. The highest BCUT2D eigenvalue weighted by Crippen LogP contribution is 2.29. The van der Waals surface area contributed by atoms with Gasteiger partial charge in [-0.15, -0.1) is 0 Å². The molecule has 0 aliphatic rings. The maximum atomic E-state index is 12.0. The van der Waals surface area contributed by atoms with Crippen molar-refractivity contribution in [3.05, 3.63) is 58.1 Å². The maximum Gasteiger partial charge on any atom is 0.248 e. The van der Waals surface area contributed by atoms with E-state index in [0.717, 1.165) is 0 Å². The highest BCUT2D eigenvalue weighted by Gasteiger charge is 2.06. The van der Waals surface area contributed by atoms with Crippen LogP contribution in [0.25, 0.3) is 6.08 Å². The molecule has 6 heteroatoms. The van der Waals surface area contributed by atoms with E-state index in [2.05, 4.69) is 5.32 Å². The van der Waals surface area contributed by atoms with Gasteiger partial charge in [0.2, 0.25) is 5.91 Å². The average Bonchev–Trinajstić information content (AvgIpc) is 2.54. The Balaban J connectivity index is 2.08. The molecular formula is C17H15Cl2NO3. The number of amides is 1. The quantitative estimate of drug-likeness (QED) is 0.796. The van der Waals surface area contributed by atoms with Crippen molar-refractivity contribution in [3.63, 3.8) is 0 Å². The molecule has 1 N–H and O–H groups in total. The summed E-state index contributed by atoms with van der Waals surface area (Å²) in [5.41, 5.74) is 1.30. The molecule has 0 aliphatic heterocycles. The van der Waals surface area contributed by atoms with Gasteiger partial charge >= 0.3 is 0 Å². The van der Waals surface area contributed by atoms with Crippen LogP contribution in [0.1, 0.15) is 5.56 Å². The Labute approximate surface area is 144 Å². The Bertz CT molecular complexity index is 745. The first-order valence-corrected chi connectivity index (χ1v) is 7.45. The first-order chi connectivity index (χ1) is 11.0. The van der Waals surface area contributed by atoms with E-state index >= 15 is 0 Å². The number of hydrogen-bond donors (Lipinski definition) is 1. The second kappa shape index (κ2) is 7.90. The number of halogens is 2. The molecule has 0 saturated heterocycles. The van der Waals surface area contributed by atoms with E-state index in [9.17, 15) is 4.79 Å². The van der Waals surface area contributed by atoms with Crippen LogP contribution < -0.4 is 14.8 Å². The van der Waals surface area contributed by atoms with Gasteiger partial charge in [-0.3, -0.25) is 4.79 Å². The van der Waals surface area contributed by atoms with Gasteiger partial charge < -0.3 is 14.8 Å². The summed E-state index contributed by atoms with van der Waals surface area (Å²) in [7, 11) is 3.08. The Kier molecular flexibility index (Phi) is 5.90. The third-order valence-electron chi connectivity index (χ3n) is 3.03. The standard InChI is InChI=1S/C17H15Cl2NO3/c1-22-15-7-6-13(10-16(15)23-2)20-17(21)8-4-11-3-5-12(18)9-14(11)19/h3-10H,1-2H3,(H,20,21). The summed E-state index contributed by atoms with van der Waals surface area (Å²) in [6.07, 6.45) is 3.01. The fourth-order valence-corrected chi connectivity index (χ4v) is 2.37. The van der Waals surface area contributed by atoms with Crippen molar-refractivity contribution in [1.82, 2.24) is 0 Å². The summed E-state index contributed by atoms with van der Waals surface area (Å²) in [5.74, 6) is 0.840. The van der Waals surface area contributed by atoms with Gasteiger partial charge in [0.05, 0.1) is 14.2 Å². The monoisotopic (exact) mass is 351 g/mol. The molecule has 0 bridgehead atoms. The van der Waals surface area contributed by atoms with Crippen LogP contribution in [0.5, 0.6) is 11.5 Å². The second-order valence-electron chi connectivity index (χ2n) is 4.56. The molecule has 0 atom stereocenters. The molecule has 0 aromatic heterocycles. The van der Waals surface area contributed by atoms with E-state index in [4.69, 9.17) is 32.7 Å². The number of rotatable bonds is 5. The van der Waals surface area contributed by atoms with Crippen molar-refractivity contribution < 1.29 is 14.3 Å². The number of carbonyl (C=O) groups excluding carboxylic acids is 1. The molecule has 0 spiro atoms. The number of carbonyl (C=O) groups is 1. The molecule has 0 fully saturated rings. The van der Waals surface area contributed by atoms with E-state index in [1.54, 1.807) is 49.6 Å². The molecule has 0 radical (unpaired) electrons. The first kappa shape index (κ1) is 17.2. The molecular weight excluding hydrogens is 337 g/mol. The molecule has 1 amide bonds. The molecule has 0 heterocycles. The normalized spacial score (nSPS) is 10.6. The summed E-state index contributed by atoms with van der Waals surface area (Å²) in [4.78, 5) is 12.0. The highest BCUT2D eigenvalue weighted by molar-refractivity contribution is 6.35. The largest absolute Gasteiger partial charge is 0.493 e. The molecule has 120 valence electrons. The lowest BCUT2D eigenvalue weighted by Gasteiger charge is -2.09. The van der Waals surface area contributed by atoms with Crippen LogP contribution in [-0.2, 0) is 4.79 Å². The summed E-state index contributed by atoms with van der Waals surface area (Å²) in [5, 5.41) is 3.76. The summed E-state index contributed by atoms with van der Waals surface area (Å²) in [6.45, 7) is 0. The number of methoxy groups -OCH3 is 2. The zero-order valence-corrected chi connectivity index (χ0v) is 14.1. The lowest BCUT2D eigenvalue weighted by molar-refractivity contribution is -0.111. The molecule has 23 heavy (non-hydrogen) atoms. The minimum atomic E-state index is -0.289. The molecule has 2 aromatic rings. The second-order valence-corrected chi connectivity index (χ2v) is 5.40. The van der Waals surface area contributed by atoms with E-state index in [0.29, 0.717) is 32.8 Å². The Morgan fingerprint density at radius 2 is 1.78 bits per heavy atom. The topological polar surface area (TPSA) is 47.6 Å². The molecule has 0 aliphatic carbocycles. The van der Waals surface area contributed by atoms with Crippen LogP contribution in [0.15, 0.2) is 42.5 Å². The van der Waals surface area contributed by atoms with Crippen LogP contribution in [0.2, 0.25) is 10.0 Å². The minimum Gasteiger partial charge on any atom is -0.493 e. The van der Waals surface area contributed by atoms with Crippen LogP contribution in [0.4, 0.5) is 5.69 Å². The molecule has 0 unspecified atom stereocenters. The van der Waals surface area contributed by atoms with E-state index < -0.39 is 0 Å². The third-order valence-corrected chi connectivity index (χ3v) is 3.59. The van der Waals surface area contributed by atoms with E-state index in [1.807, 2.05) is 0 Å². The lowest BCUT2D eigenvalue weighted by Crippen LogP contribution is -2.08. The van der Waals surface area contributed by atoms with E-state index in [-0.39, 0.29) is 5.91 Å².